The molecule has 53 heavy (non-hydrogen) atoms. The van der Waals surface area contributed by atoms with Gasteiger partial charge in [0.15, 0.2) is 11.0 Å². The van der Waals surface area contributed by atoms with Gasteiger partial charge in [0.25, 0.3) is 5.82 Å². The molecule has 0 fully saturated rings. The Bertz CT molecular complexity index is 1980. The van der Waals surface area contributed by atoms with Crippen LogP contribution >= 0.6 is 0 Å². The zero-order chi connectivity index (χ0) is 38.7. The maximum Gasteiger partial charge on any atom is 0.307 e. The maximum atomic E-state index is 13.5. The third kappa shape index (κ3) is 9.32. The summed E-state index contributed by atoms with van der Waals surface area (Å²) in [6, 6.07) is 15.1. The van der Waals surface area contributed by atoms with E-state index < -0.39 is 29.3 Å². The van der Waals surface area contributed by atoms with E-state index in [1.54, 1.807) is 47.4 Å². The second-order valence-corrected chi connectivity index (χ2v) is 12.9. The molecule has 0 amide bonds. The Balaban J connectivity index is 1.94. The number of ether oxygens (including phenoxy) is 3. The van der Waals surface area contributed by atoms with Crippen LogP contribution in [0.25, 0.3) is 17.1 Å². The van der Waals surface area contributed by atoms with E-state index in [1.165, 1.54) is 7.11 Å². The van der Waals surface area contributed by atoms with Crippen molar-refractivity contribution in [2.45, 2.75) is 84.4 Å². The van der Waals surface area contributed by atoms with Crippen LogP contribution in [0, 0.1) is 11.3 Å². The SMILES string of the molecule is CCCOC(=O)CC1(CC(=O)OC)\C(=C/C=C(C#N)/C=C/c2n(CC)c3ccccc3[n+]2CCC(=O)O)N(CCC(=O)O)c2ccc(OC(C)C)cc21. The standard InChI is InChI=1S/C40H46N4O9/c1-6-22-52-39(50)25-40(24-38(49)51-5)30-23-29(53-27(3)4)14-15-31(30)43(20-18-36(45)46)34(40)16-12-28(26-41)13-17-35-42(7-2)32-10-8-9-11-33(32)44(35)21-19-37(47)48/h8-17,23,27H,6-7,18-22,24-25H2,1-5H3,(H-,45,46,47,48)/p+1. The number of esters is 2. The van der Waals surface area contributed by atoms with Gasteiger partial charge in [0.05, 0.1) is 69.1 Å². The first kappa shape index (κ1) is 39.9. The second-order valence-electron chi connectivity index (χ2n) is 12.9. The Morgan fingerprint density at radius 2 is 1.74 bits per heavy atom. The summed E-state index contributed by atoms with van der Waals surface area (Å²) in [5.74, 6) is -1.97. The van der Waals surface area contributed by atoms with Crippen molar-refractivity contribution in [2.24, 2.45) is 0 Å². The highest BCUT2D eigenvalue weighted by Gasteiger charge is 2.50. The molecule has 0 spiro atoms. The van der Waals surface area contributed by atoms with Crippen LogP contribution in [0.4, 0.5) is 5.69 Å². The number of nitrogens with zero attached hydrogens (tertiary/aromatic N) is 4. The minimum absolute atomic E-state index is 0.00275. The molecule has 280 valence electrons. The van der Waals surface area contributed by atoms with E-state index in [9.17, 15) is 34.7 Å². The molecule has 1 atom stereocenters. The number of imidazole rings is 1. The van der Waals surface area contributed by atoms with Crippen molar-refractivity contribution >= 4 is 46.7 Å². The first-order valence-corrected chi connectivity index (χ1v) is 17.6. The van der Waals surface area contributed by atoms with Gasteiger partial charge in [0.1, 0.15) is 12.3 Å². The highest BCUT2D eigenvalue weighted by atomic mass is 16.5. The lowest BCUT2D eigenvalue weighted by Gasteiger charge is -2.32. The summed E-state index contributed by atoms with van der Waals surface area (Å²) in [5, 5.41) is 29.5. The fraction of sp³-hybridized carbons (Fsp3) is 0.400. The Kier molecular flexibility index (Phi) is 13.6. The van der Waals surface area contributed by atoms with Crippen LogP contribution < -0.4 is 14.2 Å². The van der Waals surface area contributed by atoms with Gasteiger partial charge in [0, 0.05) is 24.0 Å². The van der Waals surface area contributed by atoms with Gasteiger partial charge in [-0.2, -0.15) is 5.26 Å². The number of fused-ring (bicyclic) bond motifs is 2. The normalized spacial score (nSPS) is 16.3. The minimum atomic E-state index is -1.38. The van der Waals surface area contributed by atoms with Crippen molar-refractivity contribution in [3.63, 3.8) is 0 Å². The number of rotatable bonds is 18. The number of methoxy groups -OCH3 is 1. The van der Waals surface area contributed by atoms with Gasteiger partial charge < -0.3 is 29.3 Å². The van der Waals surface area contributed by atoms with Crippen molar-refractivity contribution in [3.8, 4) is 11.8 Å². The molecule has 1 unspecified atom stereocenters. The van der Waals surface area contributed by atoms with Crippen LogP contribution in [0.3, 0.4) is 0 Å². The number of aryl methyl sites for hydroxylation is 2. The number of carbonyl (C=O) groups is 4. The van der Waals surface area contributed by atoms with E-state index in [2.05, 4.69) is 6.07 Å². The summed E-state index contributed by atoms with van der Waals surface area (Å²) in [6.07, 6.45) is 6.04. The van der Waals surface area contributed by atoms with E-state index in [0.29, 0.717) is 41.5 Å². The number of hydrogen-bond acceptors (Lipinski definition) is 9. The Morgan fingerprint density at radius 1 is 1.02 bits per heavy atom. The Labute approximate surface area is 309 Å². The zero-order valence-corrected chi connectivity index (χ0v) is 30.8. The van der Waals surface area contributed by atoms with Gasteiger partial charge in [-0.05, 0) is 81.3 Å². The molecule has 13 nitrogen and oxygen atoms in total. The van der Waals surface area contributed by atoms with Crippen LogP contribution in [-0.2, 0) is 47.2 Å². The summed E-state index contributed by atoms with van der Waals surface area (Å²) < 4.78 is 20.6. The lowest BCUT2D eigenvalue weighted by molar-refractivity contribution is -0.673. The molecule has 0 bridgehead atoms. The number of para-hydroxylation sites is 2. The lowest BCUT2D eigenvalue weighted by atomic mass is 9.73. The fourth-order valence-corrected chi connectivity index (χ4v) is 6.70. The smallest absolute Gasteiger partial charge is 0.307 e. The number of carbonyl (C=O) groups excluding carboxylic acids is 2. The molecule has 1 aliphatic heterocycles. The third-order valence-corrected chi connectivity index (χ3v) is 8.91. The van der Waals surface area contributed by atoms with Gasteiger partial charge in [-0.25, -0.2) is 9.13 Å². The molecule has 0 saturated carbocycles. The molecule has 1 aliphatic rings. The fourth-order valence-electron chi connectivity index (χ4n) is 6.70. The molecular weight excluding hydrogens is 680 g/mol. The summed E-state index contributed by atoms with van der Waals surface area (Å²) >= 11 is 0. The molecule has 2 heterocycles. The highest BCUT2D eigenvalue weighted by Crippen LogP contribution is 2.53. The van der Waals surface area contributed by atoms with Gasteiger partial charge in [-0.1, -0.05) is 19.1 Å². The van der Waals surface area contributed by atoms with E-state index in [-0.39, 0.29) is 57.1 Å². The van der Waals surface area contributed by atoms with Gasteiger partial charge in [-0.15, -0.1) is 0 Å². The molecular formula is C40H47N4O9+. The van der Waals surface area contributed by atoms with Crippen molar-refractivity contribution in [1.82, 2.24) is 4.57 Å². The first-order chi connectivity index (χ1) is 25.4. The van der Waals surface area contributed by atoms with Gasteiger partial charge in [-0.3, -0.25) is 19.2 Å². The average molecular weight is 728 g/mol. The van der Waals surface area contributed by atoms with Crippen molar-refractivity contribution < 1.29 is 48.2 Å². The number of anilines is 1. The van der Waals surface area contributed by atoms with E-state index in [1.807, 2.05) is 61.1 Å². The summed E-state index contributed by atoms with van der Waals surface area (Å²) in [5.41, 5.74) is 2.13. The van der Waals surface area contributed by atoms with Crippen molar-refractivity contribution in [1.29, 1.82) is 5.26 Å². The van der Waals surface area contributed by atoms with Crippen LogP contribution in [0.5, 0.6) is 5.75 Å². The summed E-state index contributed by atoms with van der Waals surface area (Å²) in [6.45, 7) is 8.55. The Hall–Kier alpha value is -5.90. The number of allylic oxidation sites excluding steroid dienone is 5. The second kappa shape index (κ2) is 18.0. The molecule has 0 saturated heterocycles. The molecule has 2 N–H and O–H groups in total. The first-order valence-electron chi connectivity index (χ1n) is 17.6. The summed E-state index contributed by atoms with van der Waals surface area (Å²) in [7, 11) is 1.25. The van der Waals surface area contributed by atoms with E-state index >= 15 is 0 Å². The lowest BCUT2D eigenvalue weighted by Crippen LogP contribution is -2.37. The number of nitriles is 1. The molecule has 1 aromatic heterocycles. The topological polar surface area (TPSA) is 172 Å². The number of carboxylic acids is 2. The summed E-state index contributed by atoms with van der Waals surface area (Å²) in [4.78, 5) is 51.8. The predicted octanol–water partition coefficient (Wildman–Crippen LogP) is 5.70. The van der Waals surface area contributed by atoms with Gasteiger partial charge in [0.2, 0.25) is 0 Å². The largest absolute Gasteiger partial charge is 0.491 e. The number of hydrogen-bond donors (Lipinski definition) is 2. The average Bonchev–Trinajstić information content (AvgIpc) is 3.56. The monoisotopic (exact) mass is 727 g/mol. The molecule has 2 aromatic carbocycles. The number of benzene rings is 2. The van der Waals surface area contributed by atoms with Crippen LogP contribution in [-0.4, -0.2) is 65.0 Å². The highest BCUT2D eigenvalue weighted by molar-refractivity contribution is 5.85. The van der Waals surface area contributed by atoms with E-state index in [0.717, 1.165) is 11.0 Å². The zero-order valence-electron chi connectivity index (χ0n) is 30.8. The van der Waals surface area contributed by atoms with Crippen molar-refractivity contribution in [3.05, 3.63) is 83.4 Å². The number of carboxylic acid groups (broad SMARTS) is 2. The maximum absolute atomic E-state index is 13.5. The number of aromatic nitrogens is 2. The molecule has 13 heteroatoms. The molecule has 0 aliphatic carbocycles. The quantitative estimate of drug-likeness (QED) is 0.0713. The molecule has 3 aromatic rings. The van der Waals surface area contributed by atoms with Gasteiger partial charge >= 0.3 is 23.9 Å². The van der Waals surface area contributed by atoms with Crippen LogP contribution in [0.2, 0.25) is 0 Å². The molecule has 4 rings (SSSR count). The Morgan fingerprint density at radius 3 is 2.38 bits per heavy atom. The number of aliphatic carboxylic acids is 2. The third-order valence-electron chi connectivity index (χ3n) is 8.91. The van der Waals surface area contributed by atoms with E-state index in [4.69, 9.17) is 14.2 Å². The van der Waals surface area contributed by atoms with Crippen LogP contribution in [0.1, 0.15) is 71.2 Å². The van der Waals surface area contributed by atoms with Crippen LogP contribution in [0.15, 0.2) is 72.0 Å². The predicted molar refractivity (Wildman–Crippen MR) is 197 cm³/mol. The minimum Gasteiger partial charge on any atom is -0.491 e. The van der Waals surface area contributed by atoms with Crippen molar-refractivity contribution in [2.75, 3.05) is 25.2 Å². The molecule has 0 radical (unpaired) electrons.